The van der Waals surface area contributed by atoms with E-state index in [0.717, 1.165) is 57.8 Å². The number of hydrogen-bond acceptors (Lipinski definition) is 5. The lowest BCUT2D eigenvalue weighted by atomic mass is 9.96. The average Bonchev–Trinajstić information content (AvgIpc) is 3.05. The van der Waals surface area contributed by atoms with Crippen LogP contribution in [0.5, 0.6) is 0 Å². The summed E-state index contributed by atoms with van der Waals surface area (Å²) in [6, 6.07) is 8.40. The number of para-hydroxylation sites is 2. The average molecular weight is 361 g/mol. The highest BCUT2D eigenvalue weighted by Crippen LogP contribution is 2.30. The fourth-order valence-corrected chi connectivity index (χ4v) is 3.72. The van der Waals surface area contributed by atoms with Crippen molar-refractivity contribution < 1.29 is 14.6 Å². The molecule has 0 aliphatic carbocycles. The molecule has 26 heavy (non-hydrogen) atoms. The first-order valence-corrected chi connectivity index (χ1v) is 9.77. The number of nitrogens with zero attached hydrogens (tertiary/aromatic N) is 3. The number of imidazole rings is 1. The minimum Gasteiger partial charge on any atom is -0.394 e. The van der Waals surface area contributed by atoms with Gasteiger partial charge in [0.15, 0.2) is 0 Å². The van der Waals surface area contributed by atoms with Crippen molar-refractivity contribution in [1.29, 1.82) is 0 Å². The molecule has 0 bridgehead atoms. The van der Waals surface area contributed by atoms with Crippen LogP contribution in [0.25, 0.3) is 11.0 Å². The zero-order valence-electron chi connectivity index (χ0n) is 15.8. The fraction of sp³-hybridized carbons (Fsp3) is 0.650. The maximum absolute atomic E-state index is 8.77. The van der Waals surface area contributed by atoms with E-state index in [4.69, 9.17) is 19.6 Å². The lowest BCUT2D eigenvalue weighted by Gasteiger charge is -2.31. The van der Waals surface area contributed by atoms with E-state index in [-0.39, 0.29) is 6.61 Å². The molecule has 1 aliphatic rings. The Morgan fingerprint density at radius 3 is 2.62 bits per heavy atom. The number of piperidine rings is 1. The standard InChI is InChI=1S/C20H31N3O3/c1-2-25-15-12-23-19-6-4-3-5-18(19)21-20(23)17-7-9-22(10-8-17)11-14-26-16-13-24/h3-6,17,24H,2,7-16H2,1H3. The van der Waals surface area contributed by atoms with Gasteiger partial charge in [-0.1, -0.05) is 12.1 Å². The Bertz CT molecular complexity index is 665. The molecular weight excluding hydrogens is 330 g/mol. The van der Waals surface area contributed by atoms with Gasteiger partial charge in [-0.25, -0.2) is 4.98 Å². The predicted molar refractivity (Wildman–Crippen MR) is 103 cm³/mol. The molecule has 1 aromatic carbocycles. The normalized spacial score (nSPS) is 16.5. The Kier molecular flexibility index (Phi) is 7.43. The summed E-state index contributed by atoms with van der Waals surface area (Å²) in [4.78, 5) is 7.41. The van der Waals surface area contributed by atoms with Crippen LogP contribution in [-0.4, -0.2) is 72.2 Å². The van der Waals surface area contributed by atoms with Gasteiger partial charge in [0.25, 0.3) is 0 Å². The third-order valence-electron chi connectivity index (χ3n) is 5.09. The van der Waals surface area contributed by atoms with E-state index in [2.05, 4.69) is 33.7 Å². The number of benzene rings is 1. The predicted octanol–water partition coefficient (Wildman–Crippen LogP) is 2.26. The summed E-state index contributed by atoms with van der Waals surface area (Å²) in [5, 5.41) is 8.77. The molecular formula is C20H31N3O3. The fourth-order valence-electron chi connectivity index (χ4n) is 3.72. The molecule has 0 unspecified atom stereocenters. The number of hydrogen-bond donors (Lipinski definition) is 1. The monoisotopic (exact) mass is 361 g/mol. The van der Waals surface area contributed by atoms with Crippen LogP contribution < -0.4 is 0 Å². The van der Waals surface area contributed by atoms with E-state index in [1.807, 2.05) is 6.92 Å². The molecule has 0 amide bonds. The number of aliphatic hydroxyl groups excluding tert-OH is 1. The molecule has 1 aromatic heterocycles. The molecule has 2 heterocycles. The highest BCUT2D eigenvalue weighted by Gasteiger charge is 2.25. The van der Waals surface area contributed by atoms with E-state index in [9.17, 15) is 0 Å². The van der Waals surface area contributed by atoms with Crippen LogP contribution in [0.2, 0.25) is 0 Å². The van der Waals surface area contributed by atoms with Crippen LogP contribution in [0.4, 0.5) is 0 Å². The molecule has 6 heteroatoms. The van der Waals surface area contributed by atoms with Crippen molar-refractivity contribution in [2.75, 3.05) is 52.7 Å². The molecule has 144 valence electrons. The summed E-state index contributed by atoms with van der Waals surface area (Å²) in [7, 11) is 0. The number of fused-ring (bicyclic) bond motifs is 1. The Morgan fingerprint density at radius 2 is 1.85 bits per heavy atom. The third kappa shape index (κ3) is 4.82. The molecule has 0 atom stereocenters. The van der Waals surface area contributed by atoms with Gasteiger partial charge >= 0.3 is 0 Å². The topological polar surface area (TPSA) is 59.8 Å². The Balaban J connectivity index is 1.63. The number of ether oxygens (including phenoxy) is 2. The molecule has 3 rings (SSSR count). The molecule has 0 radical (unpaired) electrons. The lowest BCUT2D eigenvalue weighted by Crippen LogP contribution is -2.36. The van der Waals surface area contributed by atoms with Crippen LogP contribution in [0.15, 0.2) is 24.3 Å². The van der Waals surface area contributed by atoms with Gasteiger partial charge < -0.3 is 24.0 Å². The second-order valence-corrected chi connectivity index (χ2v) is 6.76. The summed E-state index contributed by atoms with van der Waals surface area (Å²) >= 11 is 0. The first-order valence-electron chi connectivity index (χ1n) is 9.77. The van der Waals surface area contributed by atoms with Gasteiger partial charge in [0.2, 0.25) is 0 Å². The molecule has 1 N–H and O–H groups in total. The second-order valence-electron chi connectivity index (χ2n) is 6.76. The van der Waals surface area contributed by atoms with Gasteiger partial charge in [-0.05, 0) is 45.0 Å². The number of rotatable bonds is 10. The van der Waals surface area contributed by atoms with Crippen LogP contribution in [0, 0.1) is 0 Å². The number of aliphatic hydroxyl groups is 1. The van der Waals surface area contributed by atoms with E-state index in [1.165, 1.54) is 11.3 Å². The van der Waals surface area contributed by atoms with Crippen molar-refractivity contribution in [3.63, 3.8) is 0 Å². The first-order chi connectivity index (χ1) is 12.8. The highest BCUT2D eigenvalue weighted by molar-refractivity contribution is 5.76. The molecule has 1 fully saturated rings. The quantitative estimate of drug-likeness (QED) is 0.658. The highest BCUT2D eigenvalue weighted by atomic mass is 16.5. The van der Waals surface area contributed by atoms with Gasteiger partial charge in [0.1, 0.15) is 5.82 Å². The van der Waals surface area contributed by atoms with Gasteiger partial charge in [0, 0.05) is 25.6 Å². The van der Waals surface area contributed by atoms with Gasteiger partial charge in [0.05, 0.1) is 37.5 Å². The second kappa shape index (κ2) is 10.0. The van der Waals surface area contributed by atoms with E-state index in [1.54, 1.807) is 0 Å². The SMILES string of the molecule is CCOCCn1c(C2CCN(CCOCCO)CC2)nc2ccccc21. The smallest absolute Gasteiger partial charge is 0.113 e. The zero-order valence-corrected chi connectivity index (χ0v) is 15.8. The summed E-state index contributed by atoms with van der Waals surface area (Å²) in [6.45, 7) is 8.67. The summed E-state index contributed by atoms with van der Waals surface area (Å²) in [6.07, 6.45) is 2.25. The zero-order chi connectivity index (χ0) is 18.2. The first kappa shape index (κ1) is 19.3. The minimum atomic E-state index is 0.0973. The van der Waals surface area contributed by atoms with Crippen molar-refractivity contribution in [3.8, 4) is 0 Å². The number of likely N-dealkylation sites (tertiary alicyclic amines) is 1. The van der Waals surface area contributed by atoms with Crippen molar-refractivity contribution in [2.45, 2.75) is 32.2 Å². The molecule has 1 saturated heterocycles. The van der Waals surface area contributed by atoms with Gasteiger partial charge in [-0.2, -0.15) is 0 Å². The van der Waals surface area contributed by atoms with E-state index >= 15 is 0 Å². The Morgan fingerprint density at radius 1 is 1.08 bits per heavy atom. The van der Waals surface area contributed by atoms with Crippen LogP contribution in [-0.2, 0) is 16.0 Å². The lowest BCUT2D eigenvalue weighted by molar-refractivity contribution is 0.0675. The Labute approximate surface area is 155 Å². The number of aromatic nitrogens is 2. The third-order valence-corrected chi connectivity index (χ3v) is 5.09. The van der Waals surface area contributed by atoms with E-state index < -0.39 is 0 Å². The largest absolute Gasteiger partial charge is 0.394 e. The molecule has 1 aliphatic heterocycles. The molecule has 0 saturated carbocycles. The summed E-state index contributed by atoms with van der Waals surface area (Å²) in [5.41, 5.74) is 2.29. The van der Waals surface area contributed by atoms with E-state index in [0.29, 0.717) is 19.1 Å². The maximum Gasteiger partial charge on any atom is 0.113 e. The van der Waals surface area contributed by atoms with Crippen molar-refractivity contribution >= 4 is 11.0 Å². The minimum absolute atomic E-state index is 0.0973. The molecule has 0 spiro atoms. The van der Waals surface area contributed by atoms with Crippen molar-refractivity contribution in [1.82, 2.24) is 14.5 Å². The Hall–Kier alpha value is -1.47. The summed E-state index contributed by atoms with van der Waals surface area (Å²) in [5.74, 6) is 1.71. The van der Waals surface area contributed by atoms with Crippen LogP contribution in [0.3, 0.4) is 0 Å². The van der Waals surface area contributed by atoms with Crippen molar-refractivity contribution in [3.05, 3.63) is 30.1 Å². The van der Waals surface area contributed by atoms with Gasteiger partial charge in [-0.15, -0.1) is 0 Å². The summed E-state index contributed by atoms with van der Waals surface area (Å²) < 4.78 is 13.3. The van der Waals surface area contributed by atoms with Crippen molar-refractivity contribution in [2.24, 2.45) is 0 Å². The van der Waals surface area contributed by atoms with Crippen LogP contribution in [0.1, 0.15) is 31.5 Å². The maximum atomic E-state index is 8.77. The van der Waals surface area contributed by atoms with Crippen LogP contribution >= 0.6 is 0 Å². The molecule has 6 nitrogen and oxygen atoms in total. The molecule has 2 aromatic rings. The van der Waals surface area contributed by atoms with Gasteiger partial charge in [-0.3, -0.25) is 0 Å².